The Bertz CT molecular complexity index is 1030. The van der Waals surface area contributed by atoms with Gasteiger partial charge in [0.1, 0.15) is 5.75 Å². The molecule has 2 fully saturated rings. The van der Waals surface area contributed by atoms with E-state index in [0.717, 1.165) is 34.9 Å². The highest BCUT2D eigenvalue weighted by Gasteiger charge is 2.38. The second-order valence-electron chi connectivity index (χ2n) is 8.38. The van der Waals surface area contributed by atoms with E-state index in [-0.39, 0.29) is 35.5 Å². The minimum absolute atomic E-state index is 0.00600. The van der Waals surface area contributed by atoms with E-state index in [1.807, 2.05) is 43.3 Å². The molecule has 0 N–H and O–H groups in total. The molecule has 0 aromatic heterocycles. The molecular formula is C23H29NO5S. The molecule has 2 aromatic carbocycles. The smallest absolute Gasteiger partial charge is 0.230 e. The first-order valence-electron chi connectivity index (χ1n) is 10.6. The fourth-order valence-electron chi connectivity index (χ4n) is 4.48. The fourth-order valence-corrected chi connectivity index (χ4v) is 6.21. The summed E-state index contributed by atoms with van der Waals surface area (Å²) >= 11 is 0. The largest absolute Gasteiger partial charge is 0.497 e. The highest BCUT2D eigenvalue weighted by atomic mass is 32.2. The van der Waals surface area contributed by atoms with E-state index >= 15 is 0 Å². The number of hydrogen-bond donors (Lipinski definition) is 0. The maximum atomic E-state index is 13.5. The van der Waals surface area contributed by atoms with E-state index < -0.39 is 9.84 Å². The number of fused-ring (bicyclic) bond motifs is 1. The summed E-state index contributed by atoms with van der Waals surface area (Å²) < 4.78 is 35.2. The van der Waals surface area contributed by atoms with Crippen molar-refractivity contribution in [2.24, 2.45) is 0 Å². The zero-order chi connectivity index (χ0) is 21.3. The third-order valence-corrected chi connectivity index (χ3v) is 8.05. The quantitative estimate of drug-likeness (QED) is 0.703. The van der Waals surface area contributed by atoms with E-state index in [2.05, 4.69) is 0 Å². The van der Waals surface area contributed by atoms with Gasteiger partial charge >= 0.3 is 0 Å². The van der Waals surface area contributed by atoms with Crippen LogP contribution in [0.3, 0.4) is 0 Å². The van der Waals surface area contributed by atoms with Gasteiger partial charge in [-0.2, -0.15) is 0 Å². The molecule has 4 rings (SSSR count). The maximum Gasteiger partial charge on any atom is 0.230 e. The van der Waals surface area contributed by atoms with Gasteiger partial charge in [-0.05, 0) is 54.7 Å². The van der Waals surface area contributed by atoms with Crippen LogP contribution < -0.4 is 4.74 Å². The van der Waals surface area contributed by atoms with Crippen LogP contribution in [0, 0.1) is 0 Å². The standard InChI is InChI=1S/C23H29NO5S/c1-16(17-5-6-19-13-21(28-2)8-7-18(19)12-17)23(25)24(14-22-4-3-10-29-22)20-9-11-30(26,27)15-20/h5-8,12-13,16,20,22H,3-4,9-11,14-15H2,1-2H3/t16-,20+,22-/m0/s1. The van der Waals surface area contributed by atoms with Gasteiger partial charge in [-0.3, -0.25) is 4.79 Å². The number of sulfone groups is 1. The highest BCUT2D eigenvalue weighted by molar-refractivity contribution is 7.91. The van der Waals surface area contributed by atoms with Crippen LogP contribution >= 0.6 is 0 Å². The number of hydrogen-bond acceptors (Lipinski definition) is 5. The summed E-state index contributed by atoms with van der Waals surface area (Å²) in [6, 6.07) is 11.6. The van der Waals surface area contributed by atoms with Crippen LogP contribution in [0.15, 0.2) is 36.4 Å². The van der Waals surface area contributed by atoms with E-state index in [0.29, 0.717) is 19.6 Å². The first kappa shape index (κ1) is 21.1. The molecule has 2 aromatic rings. The number of rotatable bonds is 6. The van der Waals surface area contributed by atoms with Crippen LogP contribution in [0.1, 0.15) is 37.7 Å². The summed E-state index contributed by atoms with van der Waals surface area (Å²) in [5, 5.41) is 2.10. The monoisotopic (exact) mass is 431 g/mol. The highest BCUT2D eigenvalue weighted by Crippen LogP contribution is 2.29. The van der Waals surface area contributed by atoms with Gasteiger partial charge in [-0.1, -0.05) is 24.3 Å². The van der Waals surface area contributed by atoms with Crippen molar-refractivity contribution < 1.29 is 22.7 Å². The number of ether oxygens (including phenoxy) is 2. The SMILES string of the molecule is COc1ccc2cc([C@H](C)C(=O)N(C[C@@H]3CCCO3)[C@@H]3CCS(=O)(=O)C3)ccc2c1. The number of carbonyl (C=O) groups is 1. The van der Waals surface area contributed by atoms with Crippen LogP contribution in [0.5, 0.6) is 5.75 Å². The second kappa shape index (κ2) is 8.55. The van der Waals surface area contributed by atoms with Gasteiger partial charge in [0.05, 0.1) is 30.6 Å². The van der Waals surface area contributed by atoms with Crippen molar-refractivity contribution >= 4 is 26.5 Å². The molecule has 0 saturated carbocycles. The Morgan fingerprint density at radius 2 is 1.97 bits per heavy atom. The normalized spacial score (nSPS) is 24.1. The van der Waals surface area contributed by atoms with Crippen LogP contribution in [0.25, 0.3) is 10.8 Å². The Labute approximate surface area is 178 Å². The summed E-state index contributed by atoms with van der Waals surface area (Å²) in [7, 11) is -1.44. The van der Waals surface area contributed by atoms with Gasteiger partial charge in [0.15, 0.2) is 9.84 Å². The summed E-state index contributed by atoms with van der Waals surface area (Å²) in [6.07, 6.45) is 2.40. The molecule has 0 aliphatic carbocycles. The summed E-state index contributed by atoms with van der Waals surface area (Å²) in [5.41, 5.74) is 0.927. The van der Waals surface area contributed by atoms with Gasteiger partial charge in [0, 0.05) is 19.2 Å². The molecule has 2 aliphatic heterocycles. The van der Waals surface area contributed by atoms with E-state index in [1.165, 1.54) is 0 Å². The first-order chi connectivity index (χ1) is 14.4. The zero-order valence-electron chi connectivity index (χ0n) is 17.5. The first-order valence-corrected chi connectivity index (χ1v) is 12.4. The van der Waals surface area contributed by atoms with E-state index in [4.69, 9.17) is 9.47 Å². The molecule has 0 radical (unpaired) electrons. The molecule has 2 aliphatic rings. The van der Waals surface area contributed by atoms with Gasteiger partial charge < -0.3 is 14.4 Å². The van der Waals surface area contributed by atoms with Crippen LogP contribution in [-0.2, 0) is 19.4 Å². The molecule has 162 valence electrons. The van der Waals surface area contributed by atoms with Crippen LogP contribution in [-0.4, -0.2) is 63.1 Å². The van der Waals surface area contributed by atoms with Crippen molar-refractivity contribution in [3.05, 3.63) is 42.0 Å². The van der Waals surface area contributed by atoms with Crippen molar-refractivity contribution in [1.29, 1.82) is 0 Å². The van der Waals surface area contributed by atoms with E-state index in [1.54, 1.807) is 12.0 Å². The van der Waals surface area contributed by atoms with E-state index in [9.17, 15) is 13.2 Å². The zero-order valence-corrected chi connectivity index (χ0v) is 18.4. The molecule has 3 atom stereocenters. The predicted molar refractivity (Wildman–Crippen MR) is 117 cm³/mol. The predicted octanol–water partition coefficient (Wildman–Crippen LogP) is 3.15. The number of benzene rings is 2. The summed E-state index contributed by atoms with van der Waals surface area (Å²) in [5.74, 6) is 0.612. The summed E-state index contributed by atoms with van der Waals surface area (Å²) in [4.78, 5) is 15.3. The number of carbonyl (C=O) groups excluding carboxylic acids is 1. The van der Waals surface area contributed by atoms with Crippen molar-refractivity contribution in [2.75, 3.05) is 31.8 Å². The Morgan fingerprint density at radius 3 is 2.63 bits per heavy atom. The molecule has 30 heavy (non-hydrogen) atoms. The molecule has 6 nitrogen and oxygen atoms in total. The fraction of sp³-hybridized carbons (Fsp3) is 0.522. The summed E-state index contributed by atoms with van der Waals surface area (Å²) in [6.45, 7) is 3.08. The molecule has 0 bridgehead atoms. The average molecular weight is 432 g/mol. The lowest BCUT2D eigenvalue weighted by molar-refractivity contribution is -0.136. The topological polar surface area (TPSA) is 72.9 Å². The maximum absolute atomic E-state index is 13.5. The van der Waals surface area contributed by atoms with Crippen molar-refractivity contribution in [3.8, 4) is 5.75 Å². The van der Waals surface area contributed by atoms with Crippen molar-refractivity contribution in [1.82, 2.24) is 4.90 Å². The van der Waals surface area contributed by atoms with Gasteiger partial charge in [-0.15, -0.1) is 0 Å². The van der Waals surface area contributed by atoms with Crippen LogP contribution in [0.4, 0.5) is 0 Å². The number of methoxy groups -OCH3 is 1. The molecule has 0 spiro atoms. The minimum Gasteiger partial charge on any atom is -0.497 e. The van der Waals surface area contributed by atoms with Gasteiger partial charge in [0.25, 0.3) is 0 Å². The Balaban J connectivity index is 1.58. The Morgan fingerprint density at radius 1 is 1.20 bits per heavy atom. The lowest BCUT2D eigenvalue weighted by atomic mass is 9.95. The molecule has 2 heterocycles. The number of nitrogens with zero attached hydrogens (tertiary/aromatic N) is 1. The third-order valence-electron chi connectivity index (χ3n) is 6.30. The lowest BCUT2D eigenvalue weighted by Gasteiger charge is -2.33. The second-order valence-corrected chi connectivity index (χ2v) is 10.6. The third kappa shape index (κ3) is 4.47. The Kier molecular flexibility index (Phi) is 6.02. The van der Waals surface area contributed by atoms with Gasteiger partial charge in [-0.25, -0.2) is 8.42 Å². The molecular weight excluding hydrogens is 402 g/mol. The molecule has 7 heteroatoms. The molecule has 0 unspecified atom stereocenters. The van der Waals surface area contributed by atoms with Crippen molar-refractivity contribution in [2.45, 2.75) is 44.2 Å². The number of amides is 1. The average Bonchev–Trinajstić information content (AvgIpc) is 3.39. The Hall–Kier alpha value is -2.12. The molecule has 2 saturated heterocycles. The van der Waals surface area contributed by atoms with Crippen LogP contribution in [0.2, 0.25) is 0 Å². The lowest BCUT2D eigenvalue weighted by Crippen LogP contribution is -2.46. The molecule has 1 amide bonds. The van der Waals surface area contributed by atoms with Crippen molar-refractivity contribution in [3.63, 3.8) is 0 Å². The van der Waals surface area contributed by atoms with Gasteiger partial charge in [0.2, 0.25) is 5.91 Å². The minimum atomic E-state index is -3.08.